The van der Waals surface area contributed by atoms with Crippen molar-refractivity contribution in [1.82, 2.24) is 4.90 Å². The standard InChI is InChI=1S/C19H22N2O4S/c1-3-12-4-6-13(7-5-12)25-11-16(22)20-18-17(19(23)24)14-8-9-21(2)10-15(14)26-18/h4-7H,3,8-11H2,1-2H3,(H,20,22)(H,23,24). The van der Waals surface area contributed by atoms with E-state index in [1.54, 1.807) is 0 Å². The molecule has 1 aromatic carbocycles. The van der Waals surface area contributed by atoms with Gasteiger partial charge in [-0.1, -0.05) is 19.1 Å². The summed E-state index contributed by atoms with van der Waals surface area (Å²) in [5.74, 6) is -0.750. The number of hydrogen-bond acceptors (Lipinski definition) is 5. The van der Waals surface area contributed by atoms with Crippen LogP contribution in [0.5, 0.6) is 5.75 Å². The maximum Gasteiger partial charge on any atom is 0.339 e. The monoisotopic (exact) mass is 374 g/mol. The van der Waals surface area contributed by atoms with Crippen molar-refractivity contribution in [3.8, 4) is 5.75 Å². The summed E-state index contributed by atoms with van der Waals surface area (Å²) in [6, 6.07) is 7.57. The molecule has 1 amide bonds. The molecular formula is C19H22N2O4S. The zero-order chi connectivity index (χ0) is 18.7. The molecule has 26 heavy (non-hydrogen) atoms. The third-order valence-corrected chi connectivity index (χ3v) is 5.55. The molecule has 0 bridgehead atoms. The maximum atomic E-state index is 12.2. The fourth-order valence-electron chi connectivity index (χ4n) is 2.98. The Kier molecular flexibility index (Phi) is 5.58. The van der Waals surface area contributed by atoms with E-state index < -0.39 is 5.97 Å². The zero-order valence-corrected chi connectivity index (χ0v) is 15.7. The Morgan fingerprint density at radius 2 is 2.04 bits per heavy atom. The number of rotatable bonds is 6. The molecule has 6 nitrogen and oxygen atoms in total. The number of aromatic carboxylic acids is 1. The summed E-state index contributed by atoms with van der Waals surface area (Å²) in [5.41, 5.74) is 2.26. The normalized spacial score (nSPS) is 13.9. The Hall–Kier alpha value is -2.38. The highest BCUT2D eigenvalue weighted by Gasteiger charge is 2.27. The van der Waals surface area contributed by atoms with Crippen molar-refractivity contribution >= 4 is 28.2 Å². The summed E-state index contributed by atoms with van der Waals surface area (Å²) < 4.78 is 5.50. The second kappa shape index (κ2) is 7.88. The number of amides is 1. The molecule has 0 spiro atoms. The van der Waals surface area contributed by atoms with Crippen LogP contribution in [0.2, 0.25) is 0 Å². The van der Waals surface area contributed by atoms with Gasteiger partial charge in [0.25, 0.3) is 5.91 Å². The molecule has 1 aromatic heterocycles. The number of likely N-dealkylation sites (N-methyl/N-ethyl adjacent to an activating group) is 1. The third-order valence-electron chi connectivity index (χ3n) is 4.42. The molecule has 0 radical (unpaired) electrons. The number of fused-ring (bicyclic) bond motifs is 1. The second-order valence-corrected chi connectivity index (χ2v) is 7.44. The lowest BCUT2D eigenvalue weighted by Gasteiger charge is -2.22. The summed E-state index contributed by atoms with van der Waals surface area (Å²) >= 11 is 1.34. The predicted octanol–water partition coefficient (Wildman–Crippen LogP) is 3.01. The molecule has 2 aromatic rings. The molecule has 1 aliphatic heterocycles. The highest BCUT2D eigenvalue weighted by atomic mass is 32.1. The number of carboxylic acids is 1. The lowest BCUT2D eigenvalue weighted by atomic mass is 10.0. The Morgan fingerprint density at radius 3 is 2.69 bits per heavy atom. The summed E-state index contributed by atoms with van der Waals surface area (Å²) in [6.45, 7) is 3.43. The van der Waals surface area contributed by atoms with Crippen molar-refractivity contribution < 1.29 is 19.4 Å². The number of nitrogens with one attached hydrogen (secondary N) is 1. The predicted molar refractivity (Wildman–Crippen MR) is 101 cm³/mol. The maximum absolute atomic E-state index is 12.2. The van der Waals surface area contributed by atoms with E-state index in [2.05, 4.69) is 17.1 Å². The van der Waals surface area contributed by atoms with E-state index >= 15 is 0 Å². The molecule has 2 heterocycles. The van der Waals surface area contributed by atoms with Crippen LogP contribution < -0.4 is 10.1 Å². The smallest absolute Gasteiger partial charge is 0.339 e. The first-order valence-corrected chi connectivity index (χ1v) is 9.37. The van der Waals surface area contributed by atoms with Gasteiger partial charge in [0.15, 0.2) is 6.61 Å². The molecule has 0 unspecified atom stereocenters. The largest absolute Gasteiger partial charge is 0.484 e. The molecule has 7 heteroatoms. The van der Waals surface area contributed by atoms with Crippen LogP contribution >= 0.6 is 11.3 Å². The van der Waals surface area contributed by atoms with Gasteiger partial charge < -0.3 is 20.1 Å². The SMILES string of the molecule is CCc1ccc(OCC(=O)Nc2sc3c(c2C(=O)O)CCN(C)C3)cc1. The minimum Gasteiger partial charge on any atom is -0.484 e. The molecule has 0 atom stereocenters. The minimum absolute atomic E-state index is 0.160. The Morgan fingerprint density at radius 1 is 1.31 bits per heavy atom. The fraction of sp³-hybridized carbons (Fsp3) is 0.368. The number of carboxylic acid groups (broad SMARTS) is 1. The van der Waals surface area contributed by atoms with Gasteiger partial charge >= 0.3 is 5.97 Å². The zero-order valence-electron chi connectivity index (χ0n) is 14.9. The first kappa shape index (κ1) is 18.4. The van der Waals surface area contributed by atoms with E-state index in [-0.39, 0.29) is 18.1 Å². The highest BCUT2D eigenvalue weighted by Crippen LogP contribution is 2.36. The average Bonchev–Trinajstić information content (AvgIpc) is 2.97. The van der Waals surface area contributed by atoms with Gasteiger partial charge in [-0.3, -0.25) is 4.79 Å². The second-order valence-electron chi connectivity index (χ2n) is 6.34. The molecule has 3 rings (SSSR count). The molecular weight excluding hydrogens is 352 g/mol. The Labute approximate surface area is 156 Å². The third kappa shape index (κ3) is 4.05. The average molecular weight is 374 g/mol. The van der Waals surface area contributed by atoms with Crippen LogP contribution in [0, 0.1) is 0 Å². The van der Waals surface area contributed by atoms with Crippen molar-refractivity contribution in [1.29, 1.82) is 0 Å². The number of carbonyl (C=O) groups is 2. The molecule has 2 N–H and O–H groups in total. The Bertz CT molecular complexity index is 814. The molecule has 138 valence electrons. The molecule has 1 aliphatic rings. The number of ether oxygens (including phenoxy) is 1. The number of benzene rings is 1. The number of hydrogen-bond donors (Lipinski definition) is 2. The number of thiophene rings is 1. The van der Waals surface area contributed by atoms with E-state index in [9.17, 15) is 14.7 Å². The molecule has 0 fully saturated rings. The molecule has 0 saturated carbocycles. The van der Waals surface area contributed by atoms with E-state index in [1.165, 1.54) is 16.9 Å². The summed E-state index contributed by atoms with van der Waals surface area (Å²) in [6.07, 6.45) is 1.62. The van der Waals surface area contributed by atoms with Crippen LogP contribution in [0.25, 0.3) is 0 Å². The highest BCUT2D eigenvalue weighted by molar-refractivity contribution is 7.17. The van der Waals surface area contributed by atoms with Gasteiger partial charge in [-0.25, -0.2) is 4.79 Å². The van der Waals surface area contributed by atoms with Crippen LogP contribution in [-0.2, 0) is 24.2 Å². The topological polar surface area (TPSA) is 78.9 Å². The number of carbonyl (C=O) groups excluding carboxylic acids is 1. The minimum atomic E-state index is -1.00. The first-order chi connectivity index (χ1) is 12.5. The van der Waals surface area contributed by atoms with Gasteiger partial charge in [-0.05, 0) is 43.1 Å². The van der Waals surface area contributed by atoms with Gasteiger partial charge in [0.05, 0.1) is 5.56 Å². The summed E-state index contributed by atoms with van der Waals surface area (Å²) in [7, 11) is 2.00. The van der Waals surface area contributed by atoms with Crippen LogP contribution in [0.4, 0.5) is 5.00 Å². The molecule has 0 aliphatic carbocycles. The van der Waals surface area contributed by atoms with Crippen molar-refractivity contribution in [2.75, 3.05) is 25.5 Å². The van der Waals surface area contributed by atoms with Crippen LogP contribution in [0.3, 0.4) is 0 Å². The van der Waals surface area contributed by atoms with Gasteiger partial charge in [0.2, 0.25) is 0 Å². The van der Waals surface area contributed by atoms with Crippen molar-refractivity contribution in [2.45, 2.75) is 26.3 Å². The van der Waals surface area contributed by atoms with Crippen molar-refractivity contribution in [2.24, 2.45) is 0 Å². The molecule has 0 saturated heterocycles. The van der Waals surface area contributed by atoms with Gasteiger partial charge in [-0.15, -0.1) is 11.3 Å². The number of anilines is 1. The number of aryl methyl sites for hydroxylation is 1. The van der Waals surface area contributed by atoms with Crippen LogP contribution in [-0.4, -0.2) is 42.1 Å². The van der Waals surface area contributed by atoms with E-state index in [0.717, 1.165) is 23.4 Å². The van der Waals surface area contributed by atoms with Gasteiger partial charge in [0, 0.05) is 18.0 Å². The van der Waals surface area contributed by atoms with Crippen molar-refractivity contribution in [3.63, 3.8) is 0 Å². The lowest BCUT2D eigenvalue weighted by molar-refractivity contribution is -0.118. The van der Waals surface area contributed by atoms with E-state index in [0.29, 0.717) is 23.7 Å². The van der Waals surface area contributed by atoms with Crippen LogP contribution in [0.1, 0.15) is 33.3 Å². The number of nitrogens with zero attached hydrogens (tertiary/aromatic N) is 1. The van der Waals surface area contributed by atoms with Crippen molar-refractivity contribution in [3.05, 3.63) is 45.8 Å². The van der Waals surface area contributed by atoms with Gasteiger partial charge in [-0.2, -0.15) is 0 Å². The first-order valence-electron chi connectivity index (χ1n) is 8.56. The van der Waals surface area contributed by atoms with E-state index in [4.69, 9.17) is 4.74 Å². The van der Waals surface area contributed by atoms with E-state index in [1.807, 2.05) is 31.3 Å². The fourth-order valence-corrected chi connectivity index (χ4v) is 4.31. The Balaban J connectivity index is 1.67. The van der Waals surface area contributed by atoms with Gasteiger partial charge in [0.1, 0.15) is 10.8 Å². The summed E-state index contributed by atoms with van der Waals surface area (Å²) in [5, 5.41) is 12.7. The van der Waals surface area contributed by atoms with Crippen LogP contribution in [0.15, 0.2) is 24.3 Å². The quantitative estimate of drug-likeness (QED) is 0.813. The lowest BCUT2D eigenvalue weighted by Crippen LogP contribution is -2.26. The summed E-state index contributed by atoms with van der Waals surface area (Å²) in [4.78, 5) is 27.0.